The smallest absolute Gasteiger partial charge is 0.303 e. The Morgan fingerprint density at radius 2 is 2.28 bits per heavy atom. The number of carbonyl (C=O) groups excluding carboxylic acids is 1. The minimum absolute atomic E-state index is 0.00600. The van der Waals surface area contributed by atoms with Crippen molar-refractivity contribution in [3.05, 3.63) is 30.1 Å². The first kappa shape index (κ1) is 14.2. The molecule has 5 nitrogen and oxygen atoms in total. The van der Waals surface area contributed by atoms with Crippen molar-refractivity contribution >= 4 is 11.9 Å². The molecule has 5 heteroatoms. The van der Waals surface area contributed by atoms with Gasteiger partial charge < -0.3 is 10.4 Å². The van der Waals surface area contributed by atoms with Gasteiger partial charge in [-0.15, -0.1) is 0 Å². The maximum atomic E-state index is 11.7. The lowest BCUT2D eigenvalue weighted by molar-refractivity contribution is -0.137. The Balaban J connectivity index is 2.25. The topological polar surface area (TPSA) is 79.3 Å². The number of aromatic nitrogens is 1. The third-order valence-corrected chi connectivity index (χ3v) is 2.52. The van der Waals surface area contributed by atoms with Gasteiger partial charge >= 0.3 is 5.97 Å². The molecule has 1 rings (SSSR count). The summed E-state index contributed by atoms with van der Waals surface area (Å²) in [5, 5.41) is 11.4. The molecule has 1 atom stereocenters. The molecule has 18 heavy (non-hydrogen) atoms. The van der Waals surface area contributed by atoms with Crippen LogP contribution in [-0.2, 0) is 16.0 Å². The molecule has 1 heterocycles. The van der Waals surface area contributed by atoms with Gasteiger partial charge in [-0.2, -0.15) is 0 Å². The van der Waals surface area contributed by atoms with Crippen molar-refractivity contribution in [1.82, 2.24) is 10.3 Å². The Hall–Kier alpha value is -1.91. The molecule has 0 aliphatic heterocycles. The van der Waals surface area contributed by atoms with Gasteiger partial charge in [-0.25, -0.2) is 0 Å². The molecule has 1 aromatic rings. The normalized spacial score (nSPS) is 11.8. The predicted octanol–water partition coefficient (Wildman–Crippen LogP) is 1.38. The Morgan fingerprint density at radius 1 is 1.50 bits per heavy atom. The van der Waals surface area contributed by atoms with Crippen LogP contribution in [0.3, 0.4) is 0 Å². The van der Waals surface area contributed by atoms with Crippen molar-refractivity contribution < 1.29 is 14.7 Å². The number of hydrogen-bond acceptors (Lipinski definition) is 3. The number of aliphatic carboxylic acids is 1. The molecule has 1 amide bonds. The minimum Gasteiger partial charge on any atom is -0.481 e. The van der Waals surface area contributed by atoms with Crippen LogP contribution in [0.1, 0.15) is 31.7 Å². The number of carboxylic acids is 1. The monoisotopic (exact) mass is 250 g/mol. The van der Waals surface area contributed by atoms with Crippen LogP contribution >= 0.6 is 0 Å². The van der Waals surface area contributed by atoms with Gasteiger partial charge in [-0.1, -0.05) is 6.07 Å². The van der Waals surface area contributed by atoms with Crippen molar-refractivity contribution in [2.24, 2.45) is 0 Å². The fraction of sp³-hybridized carbons (Fsp3) is 0.462. The highest BCUT2D eigenvalue weighted by Crippen LogP contribution is 2.02. The summed E-state index contributed by atoms with van der Waals surface area (Å²) in [6.45, 7) is 1.88. The lowest BCUT2D eigenvalue weighted by Crippen LogP contribution is -2.33. The van der Waals surface area contributed by atoms with Crippen molar-refractivity contribution in [2.75, 3.05) is 0 Å². The number of rotatable bonds is 7. The van der Waals surface area contributed by atoms with Crippen LogP contribution in [0.15, 0.2) is 24.5 Å². The molecule has 0 radical (unpaired) electrons. The lowest BCUT2D eigenvalue weighted by atomic mass is 10.1. The predicted molar refractivity (Wildman–Crippen MR) is 67.0 cm³/mol. The molecule has 2 N–H and O–H groups in total. The Bertz CT molecular complexity index is 392. The van der Waals surface area contributed by atoms with Gasteiger partial charge in [0.2, 0.25) is 5.91 Å². The molecule has 0 fully saturated rings. The van der Waals surface area contributed by atoms with E-state index in [1.807, 2.05) is 13.0 Å². The number of carbonyl (C=O) groups is 2. The van der Waals surface area contributed by atoms with Gasteiger partial charge in [0.25, 0.3) is 0 Å². The van der Waals surface area contributed by atoms with Gasteiger partial charge in [-0.3, -0.25) is 14.6 Å². The second-order valence-corrected chi connectivity index (χ2v) is 4.29. The maximum Gasteiger partial charge on any atom is 0.303 e. The first-order chi connectivity index (χ1) is 8.58. The lowest BCUT2D eigenvalue weighted by Gasteiger charge is -2.13. The molecule has 0 aromatic carbocycles. The minimum atomic E-state index is -0.802. The fourth-order valence-electron chi connectivity index (χ4n) is 1.65. The van der Waals surface area contributed by atoms with Gasteiger partial charge in [-0.05, 0) is 31.4 Å². The summed E-state index contributed by atoms with van der Waals surface area (Å²) < 4.78 is 0. The van der Waals surface area contributed by atoms with Crippen molar-refractivity contribution in [1.29, 1.82) is 0 Å². The molecule has 1 unspecified atom stereocenters. The third kappa shape index (κ3) is 5.98. The van der Waals surface area contributed by atoms with Crippen LogP contribution in [0.2, 0.25) is 0 Å². The molecular formula is C13H18N2O3. The second-order valence-electron chi connectivity index (χ2n) is 4.29. The van der Waals surface area contributed by atoms with Gasteiger partial charge in [0, 0.05) is 24.9 Å². The Kier molecular flexibility index (Phi) is 5.84. The maximum absolute atomic E-state index is 11.7. The van der Waals surface area contributed by atoms with E-state index in [1.54, 1.807) is 18.5 Å². The number of hydrogen-bond donors (Lipinski definition) is 2. The standard InChI is InChI=1S/C13H18N2O3/c1-10(4-2-6-13(17)18)15-12(16)8-11-5-3-7-14-9-11/h3,5,7,9-10H,2,4,6,8H2,1H3,(H,15,16)(H,17,18). The zero-order valence-corrected chi connectivity index (χ0v) is 10.4. The molecule has 0 aliphatic rings. The molecule has 0 spiro atoms. The van der Waals surface area contributed by atoms with E-state index in [2.05, 4.69) is 10.3 Å². The second kappa shape index (κ2) is 7.42. The van der Waals surface area contributed by atoms with Crippen molar-refractivity contribution in [3.63, 3.8) is 0 Å². The average molecular weight is 250 g/mol. The van der Waals surface area contributed by atoms with E-state index in [1.165, 1.54) is 0 Å². The molecule has 0 saturated heterocycles. The van der Waals surface area contributed by atoms with Crippen LogP contribution in [0.25, 0.3) is 0 Å². The van der Waals surface area contributed by atoms with Crippen LogP contribution in [0.4, 0.5) is 0 Å². The number of nitrogens with zero attached hydrogens (tertiary/aromatic N) is 1. The first-order valence-corrected chi connectivity index (χ1v) is 5.98. The Morgan fingerprint density at radius 3 is 2.89 bits per heavy atom. The van der Waals surface area contributed by atoms with E-state index in [0.717, 1.165) is 5.56 Å². The number of pyridine rings is 1. The number of amides is 1. The summed E-state index contributed by atoms with van der Waals surface area (Å²) in [4.78, 5) is 26.0. The summed E-state index contributed by atoms with van der Waals surface area (Å²) in [6, 6.07) is 3.63. The highest BCUT2D eigenvalue weighted by atomic mass is 16.4. The molecule has 1 aromatic heterocycles. The highest BCUT2D eigenvalue weighted by molar-refractivity contribution is 5.78. The van der Waals surface area contributed by atoms with E-state index < -0.39 is 5.97 Å². The van der Waals surface area contributed by atoms with Crippen molar-refractivity contribution in [2.45, 2.75) is 38.6 Å². The molecule has 0 aliphatic carbocycles. The quantitative estimate of drug-likeness (QED) is 0.766. The number of carboxylic acid groups (broad SMARTS) is 1. The van der Waals surface area contributed by atoms with E-state index in [0.29, 0.717) is 19.3 Å². The molecular weight excluding hydrogens is 232 g/mol. The van der Waals surface area contributed by atoms with E-state index >= 15 is 0 Å². The summed E-state index contributed by atoms with van der Waals surface area (Å²) in [7, 11) is 0. The Labute approximate surface area is 106 Å². The van der Waals surface area contributed by atoms with Gasteiger partial charge in [0.15, 0.2) is 0 Å². The van der Waals surface area contributed by atoms with E-state index in [9.17, 15) is 9.59 Å². The highest BCUT2D eigenvalue weighted by Gasteiger charge is 2.08. The number of nitrogens with one attached hydrogen (secondary N) is 1. The van der Waals surface area contributed by atoms with Gasteiger partial charge in [0.05, 0.1) is 6.42 Å². The van der Waals surface area contributed by atoms with Gasteiger partial charge in [0.1, 0.15) is 0 Å². The first-order valence-electron chi connectivity index (χ1n) is 5.98. The van der Waals surface area contributed by atoms with E-state index in [4.69, 9.17) is 5.11 Å². The largest absolute Gasteiger partial charge is 0.481 e. The summed E-state index contributed by atoms with van der Waals surface area (Å²) >= 11 is 0. The summed E-state index contributed by atoms with van der Waals surface area (Å²) in [5.41, 5.74) is 0.868. The molecule has 0 bridgehead atoms. The summed E-state index contributed by atoms with van der Waals surface area (Å²) in [6.07, 6.45) is 5.01. The average Bonchev–Trinajstić information content (AvgIpc) is 2.29. The van der Waals surface area contributed by atoms with E-state index in [-0.39, 0.29) is 18.4 Å². The molecule has 98 valence electrons. The van der Waals surface area contributed by atoms with Crippen LogP contribution in [0, 0.1) is 0 Å². The summed E-state index contributed by atoms with van der Waals surface area (Å²) in [5.74, 6) is -0.866. The fourth-order valence-corrected chi connectivity index (χ4v) is 1.65. The van der Waals surface area contributed by atoms with Crippen LogP contribution < -0.4 is 5.32 Å². The third-order valence-electron chi connectivity index (χ3n) is 2.52. The zero-order valence-electron chi connectivity index (χ0n) is 10.4. The van der Waals surface area contributed by atoms with Crippen LogP contribution in [0.5, 0.6) is 0 Å². The SMILES string of the molecule is CC(CCCC(=O)O)NC(=O)Cc1cccnc1. The van der Waals surface area contributed by atoms with Crippen molar-refractivity contribution in [3.8, 4) is 0 Å². The zero-order chi connectivity index (χ0) is 13.4. The van der Waals surface area contributed by atoms with Crippen LogP contribution in [-0.4, -0.2) is 28.0 Å². The molecule has 0 saturated carbocycles.